The van der Waals surface area contributed by atoms with Gasteiger partial charge in [0.15, 0.2) is 10.2 Å². The first-order valence-electron chi connectivity index (χ1n) is 11.1. The number of rotatable bonds is 5. The fourth-order valence-electron chi connectivity index (χ4n) is 6.19. The lowest BCUT2D eigenvalue weighted by molar-refractivity contribution is 0.431. The lowest BCUT2D eigenvalue weighted by Crippen LogP contribution is -2.50. The first-order valence-corrected chi connectivity index (χ1v) is 11.9. The Balaban J connectivity index is 1.05. The molecule has 3 fully saturated rings. The van der Waals surface area contributed by atoms with E-state index in [-0.39, 0.29) is 0 Å². The van der Waals surface area contributed by atoms with E-state index in [0.29, 0.717) is 35.9 Å². The summed E-state index contributed by atoms with van der Waals surface area (Å²) in [7, 11) is 0. The van der Waals surface area contributed by atoms with Crippen molar-refractivity contribution in [2.75, 3.05) is 6.54 Å². The van der Waals surface area contributed by atoms with Gasteiger partial charge in [0, 0.05) is 24.7 Å². The van der Waals surface area contributed by atoms with Crippen molar-refractivity contribution in [3.05, 3.63) is 24.3 Å². The second-order valence-corrected chi connectivity index (χ2v) is 10.4. The summed E-state index contributed by atoms with van der Waals surface area (Å²) in [5, 5.41) is 15.9. The summed E-state index contributed by atoms with van der Waals surface area (Å²) in [4.78, 5) is 0. The molecule has 0 spiro atoms. The molecule has 0 aliphatic heterocycles. The zero-order chi connectivity index (χ0) is 19.1. The van der Waals surface area contributed by atoms with Crippen LogP contribution in [0.25, 0.3) is 0 Å². The average Bonchev–Trinajstić information content (AvgIpc) is 3.47. The summed E-state index contributed by atoms with van der Waals surface area (Å²) in [6.45, 7) is 0.930. The van der Waals surface area contributed by atoms with E-state index in [2.05, 4.69) is 45.6 Å². The van der Waals surface area contributed by atoms with Crippen LogP contribution in [0.4, 0.5) is 0 Å². The van der Waals surface area contributed by atoms with E-state index in [0.717, 1.165) is 28.6 Å². The van der Waals surface area contributed by atoms with Gasteiger partial charge in [0.2, 0.25) is 0 Å². The third kappa shape index (κ3) is 3.95. The van der Waals surface area contributed by atoms with E-state index < -0.39 is 0 Å². The van der Waals surface area contributed by atoms with Crippen molar-refractivity contribution in [1.29, 1.82) is 0 Å². The van der Waals surface area contributed by atoms with Gasteiger partial charge in [-0.2, -0.15) is 0 Å². The van der Waals surface area contributed by atoms with Crippen LogP contribution in [0.1, 0.15) is 44.9 Å². The molecule has 5 aliphatic rings. The molecule has 6 heteroatoms. The minimum atomic E-state index is 0.454. The SMILES string of the molecule is S=C(NC[C@H]1CCC[C@H]1NC(=S)N[C@@H]1C[C@@H]2C=C[C@@H]1C2)N[C@@H]1C[C@@H]2C=C[C@@H]1C2. The molecule has 8 atom stereocenters. The molecule has 5 aliphatic carbocycles. The topological polar surface area (TPSA) is 48.1 Å². The van der Waals surface area contributed by atoms with Crippen LogP contribution in [-0.4, -0.2) is 34.9 Å². The van der Waals surface area contributed by atoms with Crippen molar-refractivity contribution >= 4 is 34.7 Å². The van der Waals surface area contributed by atoms with Crippen molar-refractivity contribution in [2.45, 2.75) is 63.1 Å². The average molecular weight is 417 g/mol. The van der Waals surface area contributed by atoms with E-state index >= 15 is 0 Å². The van der Waals surface area contributed by atoms with Crippen LogP contribution < -0.4 is 21.3 Å². The van der Waals surface area contributed by atoms with Crippen LogP contribution in [-0.2, 0) is 0 Å². The van der Waals surface area contributed by atoms with Gasteiger partial charge in [-0.3, -0.25) is 0 Å². The summed E-state index contributed by atoms with van der Waals surface area (Å²) < 4.78 is 0. The lowest BCUT2D eigenvalue weighted by Gasteiger charge is -2.27. The van der Waals surface area contributed by atoms with Gasteiger partial charge >= 0.3 is 0 Å². The zero-order valence-electron chi connectivity index (χ0n) is 16.4. The molecular formula is C22H32N4S2. The highest BCUT2D eigenvalue weighted by Gasteiger charge is 2.37. The van der Waals surface area contributed by atoms with E-state index in [9.17, 15) is 0 Å². The highest BCUT2D eigenvalue weighted by Crippen LogP contribution is 2.39. The third-order valence-electron chi connectivity index (χ3n) is 7.69. The Labute approximate surface area is 179 Å². The largest absolute Gasteiger partial charge is 0.362 e. The molecule has 4 N–H and O–H groups in total. The number of hydrogen-bond donors (Lipinski definition) is 4. The van der Waals surface area contributed by atoms with Crippen LogP contribution in [0, 0.1) is 29.6 Å². The lowest BCUT2D eigenvalue weighted by atomic mass is 10.0. The van der Waals surface area contributed by atoms with E-state index in [1.54, 1.807) is 0 Å². The predicted molar refractivity (Wildman–Crippen MR) is 122 cm³/mol. The number of allylic oxidation sites excluding steroid dienone is 2. The van der Waals surface area contributed by atoms with Crippen LogP contribution in [0.15, 0.2) is 24.3 Å². The molecule has 0 amide bonds. The van der Waals surface area contributed by atoms with Gasteiger partial charge in [0.25, 0.3) is 0 Å². The molecule has 5 rings (SSSR count). The first-order chi connectivity index (χ1) is 13.6. The molecule has 0 aromatic heterocycles. The van der Waals surface area contributed by atoms with Gasteiger partial charge in [-0.15, -0.1) is 0 Å². The number of fused-ring (bicyclic) bond motifs is 4. The monoisotopic (exact) mass is 416 g/mol. The Hall–Kier alpha value is -1.14. The molecule has 0 unspecified atom stereocenters. The minimum Gasteiger partial charge on any atom is -0.362 e. The van der Waals surface area contributed by atoms with Gasteiger partial charge in [-0.1, -0.05) is 30.7 Å². The summed E-state index contributed by atoms with van der Waals surface area (Å²) in [5.41, 5.74) is 0. The molecule has 0 aromatic rings. The number of nitrogens with one attached hydrogen (secondary N) is 4. The maximum Gasteiger partial charge on any atom is 0.166 e. The van der Waals surface area contributed by atoms with Crippen LogP contribution in [0.5, 0.6) is 0 Å². The molecule has 4 bridgehead atoms. The Kier molecular flexibility index (Phi) is 5.35. The van der Waals surface area contributed by atoms with Crippen molar-refractivity contribution in [3.63, 3.8) is 0 Å². The summed E-state index contributed by atoms with van der Waals surface area (Å²) in [6.07, 6.45) is 18.3. The summed E-state index contributed by atoms with van der Waals surface area (Å²) in [6, 6.07) is 1.51. The van der Waals surface area contributed by atoms with E-state index in [1.165, 1.54) is 44.9 Å². The Bertz CT molecular complexity index is 690. The van der Waals surface area contributed by atoms with Crippen molar-refractivity contribution < 1.29 is 0 Å². The molecule has 0 heterocycles. The van der Waals surface area contributed by atoms with Crippen LogP contribution in [0.2, 0.25) is 0 Å². The normalized spacial score (nSPS) is 42.1. The smallest absolute Gasteiger partial charge is 0.166 e. The maximum absolute atomic E-state index is 5.65. The Morgan fingerprint density at radius 3 is 1.89 bits per heavy atom. The molecule has 3 saturated carbocycles. The van der Waals surface area contributed by atoms with Crippen LogP contribution >= 0.6 is 24.4 Å². The summed E-state index contributed by atoms with van der Waals surface area (Å²) >= 11 is 11.2. The third-order valence-corrected chi connectivity index (χ3v) is 8.19. The molecule has 28 heavy (non-hydrogen) atoms. The summed E-state index contributed by atoms with van der Waals surface area (Å²) in [5.74, 6) is 3.48. The van der Waals surface area contributed by atoms with Gasteiger partial charge in [-0.25, -0.2) is 0 Å². The molecule has 0 radical (unpaired) electrons. The Morgan fingerprint density at radius 2 is 1.32 bits per heavy atom. The standard InChI is InChI=1S/C22H32N4S2/c27-21(25-19-10-13-4-6-15(19)8-13)23-12-17-2-1-3-18(17)24-22(28)26-20-11-14-5-7-16(20)9-14/h4-7,13-20H,1-3,8-12H2,(H2,23,25,27)(H2,24,26,28)/t13-,14-,15-,16-,17-,18-,19-,20-/m1/s1. The Morgan fingerprint density at radius 1 is 0.714 bits per heavy atom. The molecule has 4 nitrogen and oxygen atoms in total. The van der Waals surface area contributed by atoms with Gasteiger partial charge in [0.05, 0.1) is 0 Å². The van der Waals surface area contributed by atoms with Crippen molar-refractivity contribution in [2.24, 2.45) is 29.6 Å². The van der Waals surface area contributed by atoms with Crippen molar-refractivity contribution in [1.82, 2.24) is 21.3 Å². The van der Waals surface area contributed by atoms with Crippen molar-refractivity contribution in [3.8, 4) is 0 Å². The van der Waals surface area contributed by atoms with Gasteiger partial charge in [-0.05, 0) is 92.6 Å². The van der Waals surface area contributed by atoms with Gasteiger partial charge < -0.3 is 21.3 Å². The first kappa shape index (κ1) is 18.9. The fourth-order valence-corrected chi connectivity index (χ4v) is 6.72. The second-order valence-electron chi connectivity index (χ2n) is 9.54. The minimum absolute atomic E-state index is 0.454. The number of thiocarbonyl (C=S) groups is 2. The van der Waals surface area contributed by atoms with Gasteiger partial charge in [0.1, 0.15) is 0 Å². The van der Waals surface area contributed by atoms with E-state index in [4.69, 9.17) is 24.4 Å². The molecule has 152 valence electrons. The second kappa shape index (κ2) is 7.94. The number of hydrogen-bond acceptors (Lipinski definition) is 2. The molecule has 0 saturated heterocycles. The highest BCUT2D eigenvalue weighted by atomic mass is 32.1. The highest BCUT2D eigenvalue weighted by molar-refractivity contribution is 7.80. The predicted octanol–water partition coefficient (Wildman–Crippen LogP) is 3.01. The maximum atomic E-state index is 5.65. The van der Waals surface area contributed by atoms with Crippen LogP contribution in [0.3, 0.4) is 0 Å². The van der Waals surface area contributed by atoms with E-state index in [1.807, 2.05) is 0 Å². The zero-order valence-corrected chi connectivity index (χ0v) is 18.0. The molecule has 0 aromatic carbocycles. The molecular weight excluding hydrogens is 384 g/mol. The quantitative estimate of drug-likeness (QED) is 0.408. The fraction of sp³-hybridized carbons (Fsp3) is 0.727.